The normalized spacial score (nSPS) is 14.7. The fourth-order valence-corrected chi connectivity index (χ4v) is 3.91. The van der Waals surface area contributed by atoms with Crippen LogP contribution in [0.5, 0.6) is 0 Å². The average Bonchev–Trinajstić information content (AvgIpc) is 3.31. The first kappa shape index (κ1) is 15.5. The van der Waals surface area contributed by atoms with E-state index in [9.17, 15) is 14.9 Å². The molecule has 0 radical (unpaired) electrons. The summed E-state index contributed by atoms with van der Waals surface area (Å²) in [6, 6.07) is 7.27. The van der Waals surface area contributed by atoms with E-state index in [1.165, 1.54) is 17.6 Å². The van der Waals surface area contributed by atoms with Crippen LogP contribution in [0.4, 0.5) is 5.69 Å². The van der Waals surface area contributed by atoms with Crippen LogP contribution in [0, 0.1) is 11.3 Å². The van der Waals surface area contributed by atoms with Gasteiger partial charge >= 0.3 is 0 Å². The summed E-state index contributed by atoms with van der Waals surface area (Å²) < 4.78 is 5.17. The number of hydrogen-bond acceptors (Lipinski definition) is 6. The smallest absolute Gasteiger partial charge is 0.289 e. The van der Waals surface area contributed by atoms with E-state index in [0.717, 1.165) is 10.2 Å². The molecule has 7 nitrogen and oxygen atoms in total. The first-order chi connectivity index (χ1) is 12.2. The van der Waals surface area contributed by atoms with Crippen molar-refractivity contribution in [3.8, 4) is 6.07 Å². The maximum absolute atomic E-state index is 12.4. The average molecular weight is 354 g/mol. The number of H-pyrrole nitrogens is 1. The van der Waals surface area contributed by atoms with Gasteiger partial charge in [0.2, 0.25) is 0 Å². The number of nitrogens with zero attached hydrogens (tertiary/aromatic N) is 3. The Labute approximate surface area is 146 Å². The summed E-state index contributed by atoms with van der Waals surface area (Å²) in [6.07, 6.45) is 1.48. The molecule has 0 unspecified atom stereocenters. The summed E-state index contributed by atoms with van der Waals surface area (Å²) in [5.74, 6) is 0.180. The third-order valence-electron chi connectivity index (χ3n) is 4.34. The van der Waals surface area contributed by atoms with Crippen LogP contribution in [0.15, 0.2) is 39.1 Å². The molecule has 3 aromatic rings. The first-order valence-corrected chi connectivity index (χ1v) is 8.68. The minimum Gasteiger partial charge on any atom is -0.459 e. The number of thiophene rings is 1. The number of hydrogen-bond donors (Lipinski definition) is 1. The van der Waals surface area contributed by atoms with Crippen LogP contribution in [0.2, 0.25) is 0 Å². The third-order valence-corrected chi connectivity index (χ3v) is 5.17. The molecule has 8 heteroatoms. The monoisotopic (exact) mass is 354 g/mol. The zero-order valence-electron chi connectivity index (χ0n) is 13.2. The van der Waals surface area contributed by atoms with Crippen molar-refractivity contribution < 1.29 is 9.21 Å². The molecule has 1 amide bonds. The lowest BCUT2D eigenvalue weighted by molar-refractivity contribution is 0.0715. The van der Waals surface area contributed by atoms with Gasteiger partial charge in [0.15, 0.2) is 5.76 Å². The molecular weight excluding hydrogens is 340 g/mol. The van der Waals surface area contributed by atoms with Gasteiger partial charge in [-0.2, -0.15) is 5.26 Å². The van der Waals surface area contributed by atoms with Gasteiger partial charge in [-0.3, -0.25) is 9.59 Å². The van der Waals surface area contributed by atoms with Crippen molar-refractivity contribution in [2.45, 2.75) is 0 Å². The number of aromatic nitrogens is 1. The fourth-order valence-electron chi connectivity index (χ4n) is 3.12. The van der Waals surface area contributed by atoms with Crippen LogP contribution in [0.3, 0.4) is 0 Å². The number of carbonyl (C=O) groups excluding carboxylic acids is 1. The highest BCUT2D eigenvalue weighted by Gasteiger charge is 2.27. The molecule has 4 heterocycles. The number of fused-ring (bicyclic) bond motifs is 1. The second kappa shape index (κ2) is 6.11. The number of furan rings is 1. The molecule has 3 aromatic heterocycles. The molecule has 0 spiro atoms. The lowest BCUT2D eigenvalue weighted by Gasteiger charge is -2.36. The van der Waals surface area contributed by atoms with E-state index in [1.807, 2.05) is 22.4 Å². The molecule has 0 aromatic carbocycles. The van der Waals surface area contributed by atoms with Crippen molar-refractivity contribution >= 4 is 33.1 Å². The lowest BCUT2D eigenvalue weighted by Crippen LogP contribution is -2.49. The Hall–Kier alpha value is -3.05. The van der Waals surface area contributed by atoms with Gasteiger partial charge in [-0.15, -0.1) is 11.3 Å². The molecule has 1 saturated heterocycles. The van der Waals surface area contributed by atoms with Crippen LogP contribution in [0.1, 0.15) is 16.1 Å². The Kier molecular flexibility index (Phi) is 3.78. The maximum Gasteiger partial charge on any atom is 0.289 e. The summed E-state index contributed by atoms with van der Waals surface area (Å²) in [6.45, 7) is 2.11. The summed E-state index contributed by atoms with van der Waals surface area (Å²) >= 11 is 1.43. The van der Waals surface area contributed by atoms with Gasteiger partial charge in [-0.05, 0) is 23.6 Å². The summed E-state index contributed by atoms with van der Waals surface area (Å²) in [5.41, 5.74) is 0.408. The molecule has 1 aliphatic rings. The van der Waals surface area contributed by atoms with Crippen LogP contribution < -0.4 is 10.5 Å². The van der Waals surface area contributed by atoms with Gasteiger partial charge in [0.25, 0.3) is 11.5 Å². The number of anilines is 1. The van der Waals surface area contributed by atoms with Gasteiger partial charge < -0.3 is 19.2 Å². The minimum atomic E-state index is -0.374. The minimum absolute atomic E-state index is 0.122. The van der Waals surface area contributed by atoms with Gasteiger partial charge in [-0.25, -0.2) is 0 Å². The largest absolute Gasteiger partial charge is 0.459 e. The predicted octanol–water partition coefficient (Wildman–Crippen LogP) is 2.02. The van der Waals surface area contributed by atoms with Crippen LogP contribution >= 0.6 is 11.3 Å². The predicted molar refractivity (Wildman–Crippen MR) is 94.0 cm³/mol. The number of pyridine rings is 1. The van der Waals surface area contributed by atoms with Crippen molar-refractivity contribution in [1.29, 1.82) is 5.26 Å². The standard InChI is InChI=1S/C17H14N4O3S/c18-10-12-14(11-3-9-25-16(11)19-15(12)22)20-4-6-21(7-5-20)17(23)13-2-1-8-24-13/h1-3,8-9H,4-7H2,(H,19,22). The van der Waals surface area contributed by atoms with E-state index in [1.54, 1.807) is 17.0 Å². The molecule has 1 aliphatic heterocycles. The van der Waals surface area contributed by atoms with Crippen molar-refractivity contribution in [3.05, 3.63) is 51.5 Å². The summed E-state index contributed by atoms with van der Waals surface area (Å²) in [4.78, 5) is 31.8. The van der Waals surface area contributed by atoms with Gasteiger partial charge in [0, 0.05) is 31.6 Å². The van der Waals surface area contributed by atoms with Crippen LogP contribution in [0.25, 0.3) is 10.2 Å². The lowest BCUT2D eigenvalue weighted by atomic mass is 10.1. The fraction of sp³-hybridized carbons (Fsp3) is 0.235. The van der Waals surface area contributed by atoms with Gasteiger partial charge in [-0.1, -0.05) is 0 Å². The second-order valence-electron chi connectivity index (χ2n) is 5.71. The second-order valence-corrected chi connectivity index (χ2v) is 6.63. The van der Waals surface area contributed by atoms with Crippen molar-refractivity contribution in [2.24, 2.45) is 0 Å². The molecule has 1 fully saturated rings. The van der Waals surface area contributed by atoms with E-state index in [2.05, 4.69) is 4.98 Å². The topological polar surface area (TPSA) is 93.3 Å². The number of nitrogens with one attached hydrogen (secondary N) is 1. The molecule has 0 aliphatic carbocycles. The highest BCUT2D eigenvalue weighted by Crippen LogP contribution is 2.31. The molecule has 4 rings (SSSR count). The van der Waals surface area contributed by atoms with E-state index < -0.39 is 0 Å². The van der Waals surface area contributed by atoms with Crippen molar-refractivity contribution in [1.82, 2.24) is 9.88 Å². The number of piperazine rings is 1. The molecular formula is C17H14N4O3S. The molecule has 0 saturated carbocycles. The highest BCUT2D eigenvalue weighted by molar-refractivity contribution is 7.16. The zero-order chi connectivity index (χ0) is 17.4. The number of amides is 1. The molecule has 0 bridgehead atoms. The number of rotatable bonds is 2. The maximum atomic E-state index is 12.4. The Morgan fingerprint density at radius 2 is 2.08 bits per heavy atom. The molecule has 1 N–H and O–H groups in total. The molecule has 0 atom stereocenters. The van der Waals surface area contributed by atoms with E-state index >= 15 is 0 Å². The highest BCUT2D eigenvalue weighted by atomic mass is 32.1. The quantitative estimate of drug-likeness (QED) is 0.760. The van der Waals surface area contributed by atoms with Gasteiger partial charge in [0.05, 0.1) is 12.0 Å². The number of aromatic amines is 1. The Balaban J connectivity index is 1.62. The Morgan fingerprint density at radius 1 is 1.28 bits per heavy atom. The van der Waals surface area contributed by atoms with Crippen LogP contribution in [-0.4, -0.2) is 42.0 Å². The number of carbonyl (C=O) groups is 1. The Bertz CT molecular complexity index is 1020. The summed E-state index contributed by atoms with van der Waals surface area (Å²) in [5, 5.41) is 12.2. The summed E-state index contributed by atoms with van der Waals surface area (Å²) in [7, 11) is 0. The molecule has 25 heavy (non-hydrogen) atoms. The van der Waals surface area contributed by atoms with E-state index in [4.69, 9.17) is 4.42 Å². The first-order valence-electron chi connectivity index (χ1n) is 7.80. The van der Waals surface area contributed by atoms with Crippen LogP contribution in [-0.2, 0) is 0 Å². The third kappa shape index (κ3) is 2.58. The molecule has 126 valence electrons. The zero-order valence-corrected chi connectivity index (χ0v) is 14.0. The Morgan fingerprint density at radius 3 is 2.76 bits per heavy atom. The van der Waals surface area contributed by atoms with Crippen molar-refractivity contribution in [2.75, 3.05) is 31.1 Å². The SMILES string of the molecule is N#Cc1c(N2CCN(C(=O)c3ccco3)CC2)c2ccsc2[nH]c1=O. The number of nitriles is 1. The van der Waals surface area contributed by atoms with E-state index in [-0.39, 0.29) is 17.0 Å². The van der Waals surface area contributed by atoms with E-state index in [0.29, 0.717) is 37.6 Å². The van der Waals surface area contributed by atoms with Crippen molar-refractivity contribution in [3.63, 3.8) is 0 Å². The van der Waals surface area contributed by atoms with Gasteiger partial charge in [0.1, 0.15) is 16.5 Å².